The molecule has 2 heterocycles. The summed E-state index contributed by atoms with van der Waals surface area (Å²) in [5, 5.41) is 4.28. The number of hydrogen-bond donors (Lipinski definition) is 0. The summed E-state index contributed by atoms with van der Waals surface area (Å²) >= 11 is 3.85. The van der Waals surface area contributed by atoms with E-state index in [-0.39, 0.29) is 5.97 Å². The van der Waals surface area contributed by atoms with Crippen molar-refractivity contribution in [3.63, 3.8) is 0 Å². The van der Waals surface area contributed by atoms with Crippen LogP contribution in [-0.2, 0) is 11.3 Å². The summed E-state index contributed by atoms with van der Waals surface area (Å²) in [6, 6.07) is 2.03. The van der Waals surface area contributed by atoms with Gasteiger partial charge in [-0.05, 0) is 63.5 Å². The SMILES string of the molecule is CN(C)Cc1cc2c(s1)c(I)nn2OC(=O)C(C)(C)C. The van der Waals surface area contributed by atoms with Gasteiger partial charge in [0.05, 0.1) is 10.1 Å². The number of rotatable bonds is 3. The highest BCUT2D eigenvalue weighted by molar-refractivity contribution is 14.1. The number of hydrogen-bond acceptors (Lipinski definition) is 5. The zero-order valence-corrected chi connectivity index (χ0v) is 15.2. The Labute approximate surface area is 136 Å². The minimum absolute atomic E-state index is 0.293. The second-order valence-electron chi connectivity index (χ2n) is 5.96. The minimum Gasteiger partial charge on any atom is -0.318 e. The van der Waals surface area contributed by atoms with Crippen LogP contribution < -0.4 is 4.84 Å². The smallest absolute Gasteiger partial charge is 0.318 e. The molecule has 2 aromatic rings. The Hall–Kier alpha value is -0.670. The Balaban J connectivity index is 2.34. The molecule has 0 aliphatic rings. The molecule has 0 fully saturated rings. The van der Waals surface area contributed by atoms with Crippen molar-refractivity contribution >= 4 is 50.1 Å². The Morgan fingerprint density at radius 3 is 2.70 bits per heavy atom. The molecule has 7 heteroatoms. The molecule has 0 aromatic carbocycles. The Bertz CT molecular complexity index is 640. The van der Waals surface area contributed by atoms with E-state index in [1.807, 2.05) is 40.9 Å². The van der Waals surface area contributed by atoms with Crippen LogP contribution in [0.5, 0.6) is 0 Å². The van der Waals surface area contributed by atoms with Gasteiger partial charge in [0.2, 0.25) is 0 Å². The van der Waals surface area contributed by atoms with Crippen LogP contribution in [-0.4, -0.2) is 34.9 Å². The number of halogens is 1. The zero-order valence-electron chi connectivity index (χ0n) is 12.2. The van der Waals surface area contributed by atoms with Crippen molar-refractivity contribution in [1.82, 2.24) is 14.8 Å². The Morgan fingerprint density at radius 2 is 2.15 bits per heavy atom. The summed E-state index contributed by atoms with van der Waals surface area (Å²) in [7, 11) is 4.06. The van der Waals surface area contributed by atoms with Crippen LogP contribution in [0.3, 0.4) is 0 Å². The molecular weight excluding hydrogens is 389 g/mol. The number of carbonyl (C=O) groups is 1. The lowest BCUT2D eigenvalue weighted by Crippen LogP contribution is -2.31. The number of thiophene rings is 1. The van der Waals surface area contributed by atoms with E-state index >= 15 is 0 Å². The Kier molecular flexibility index (Phi) is 4.41. The van der Waals surface area contributed by atoms with Crippen molar-refractivity contribution in [3.05, 3.63) is 14.6 Å². The lowest BCUT2D eigenvalue weighted by Gasteiger charge is -2.15. The predicted molar refractivity (Wildman–Crippen MR) is 88.8 cm³/mol. The first-order chi connectivity index (χ1) is 9.18. The fourth-order valence-corrected chi connectivity index (χ4v) is 3.50. The summed E-state index contributed by atoms with van der Waals surface area (Å²) in [4.78, 5) is 22.0. The molecular formula is C13H18IN3O2S. The first kappa shape index (κ1) is 15.7. The zero-order chi connectivity index (χ0) is 15.1. The highest BCUT2D eigenvalue weighted by atomic mass is 127. The monoisotopic (exact) mass is 407 g/mol. The standard InChI is InChI=1S/C13H18IN3O2S/c1-13(2,3)12(18)19-17-9-6-8(7-16(4)5)20-10(9)11(14)15-17/h6H,7H2,1-5H3. The first-order valence-corrected chi connectivity index (χ1v) is 8.12. The molecule has 0 saturated heterocycles. The molecule has 2 aromatic heterocycles. The van der Waals surface area contributed by atoms with Gasteiger partial charge < -0.3 is 9.74 Å². The highest BCUT2D eigenvalue weighted by Crippen LogP contribution is 2.30. The minimum atomic E-state index is -0.549. The van der Waals surface area contributed by atoms with Gasteiger partial charge in [-0.1, -0.05) is 4.85 Å². The maximum absolute atomic E-state index is 12.0. The molecule has 110 valence electrons. The van der Waals surface area contributed by atoms with Crippen LogP contribution in [0.4, 0.5) is 0 Å². The van der Waals surface area contributed by atoms with Crippen LogP contribution >= 0.6 is 33.9 Å². The molecule has 5 nitrogen and oxygen atoms in total. The number of nitrogens with zero attached hydrogens (tertiary/aromatic N) is 3. The summed E-state index contributed by atoms with van der Waals surface area (Å²) in [5.74, 6) is -0.293. The van der Waals surface area contributed by atoms with E-state index in [9.17, 15) is 4.79 Å². The van der Waals surface area contributed by atoms with E-state index in [0.29, 0.717) is 0 Å². The first-order valence-electron chi connectivity index (χ1n) is 6.23. The van der Waals surface area contributed by atoms with Gasteiger partial charge in [0.25, 0.3) is 0 Å². The lowest BCUT2D eigenvalue weighted by atomic mass is 9.98. The third kappa shape index (κ3) is 3.32. The van der Waals surface area contributed by atoms with Crippen LogP contribution in [0.2, 0.25) is 0 Å². The van der Waals surface area contributed by atoms with E-state index in [2.05, 4.69) is 32.6 Å². The van der Waals surface area contributed by atoms with E-state index in [0.717, 1.165) is 20.5 Å². The summed E-state index contributed by atoms with van der Waals surface area (Å²) in [6.07, 6.45) is 0. The van der Waals surface area contributed by atoms with Crippen LogP contribution in [0.15, 0.2) is 6.07 Å². The fraction of sp³-hybridized carbons (Fsp3) is 0.538. The van der Waals surface area contributed by atoms with Gasteiger partial charge in [-0.3, -0.25) is 0 Å². The molecule has 0 aliphatic heterocycles. The van der Waals surface area contributed by atoms with Crippen molar-refractivity contribution in [2.75, 3.05) is 14.1 Å². The lowest BCUT2D eigenvalue weighted by molar-refractivity contribution is -0.154. The molecule has 0 atom stereocenters. The summed E-state index contributed by atoms with van der Waals surface area (Å²) in [5.41, 5.74) is 0.306. The van der Waals surface area contributed by atoms with Crippen molar-refractivity contribution in [2.24, 2.45) is 5.41 Å². The van der Waals surface area contributed by atoms with Crippen molar-refractivity contribution in [3.8, 4) is 0 Å². The molecule has 0 unspecified atom stereocenters. The Morgan fingerprint density at radius 1 is 1.50 bits per heavy atom. The molecule has 0 amide bonds. The van der Waals surface area contributed by atoms with Crippen molar-refractivity contribution in [2.45, 2.75) is 27.3 Å². The van der Waals surface area contributed by atoms with Crippen LogP contribution in [0.1, 0.15) is 25.6 Å². The highest BCUT2D eigenvalue weighted by Gasteiger charge is 2.26. The predicted octanol–water partition coefficient (Wildman–Crippen LogP) is 2.77. The van der Waals surface area contributed by atoms with Gasteiger partial charge in [-0.15, -0.1) is 16.4 Å². The van der Waals surface area contributed by atoms with Crippen molar-refractivity contribution < 1.29 is 9.63 Å². The maximum Gasteiger partial charge on any atom is 0.340 e. The van der Waals surface area contributed by atoms with Gasteiger partial charge in [-0.2, -0.15) is 0 Å². The molecule has 0 aliphatic carbocycles. The largest absolute Gasteiger partial charge is 0.340 e. The molecule has 0 spiro atoms. The van der Waals surface area contributed by atoms with Gasteiger partial charge in [0, 0.05) is 11.4 Å². The molecule has 0 bridgehead atoms. The van der Waals surface area contributed by atoms with Crippen molar-refractivity contribution in [1.29, 1.82) is 0 Å². The third-order valence-corrected chi connectivity index (χ3v) is 4.83. The van der Waals surface area contributed by atoms with Crippen LogP contribution in [0, 0.1) is 9.12 Å². The second-order valence-corrected chi connectivity index (χ2v) is 8.12. The number of fused-ring (bicyclic) bond motifs is 1. The van der Waals surface area contributed by atoms with Gasteiger partial charge in [0.15, 0.2) is 0 Å². The van der Waals surface area contributed by atoms with Gasteiger partial charge >= 0.3 is 5.97 Å². The normalized spacial score (nSPS) is 12.3. The van der Waals surface area contributed by atoms with E-state index in [1.165, 1.54) is 9.72 Å². The number of aromatic nitrogens is 2. The quantitative estimate of drug-likeness (QED) is 0.735. The maximum atomic E-state index is 12.0. The molecule has 20 heavy (non-hydrogen) atoms. The molecule has 0 radical (unpaired) electrons. The fourth-order valence-electron chi connectivity index (χ4n) is 1.57. The average molecular weight is 407 g/mol. The number of carbonyl (C=O) groups excluding carboxylic acids is 1. The van der Waals surface area contributed by atoms with E-state index in [1.54, 1.807) is 11.3 Å². The van der Waals surface area contributed by atoms with Gasteiger partial charge in [-0.25, -0.2) is 4.79 Å². The summed E-state index contributed by atoms with van der Waals surface area (Å²) in [6.45, 7) is 6.34. The van der Waals surface area contributed by atoms with E-state index in [4.69, 9.17) is 4.84 Å². The topological polar surface area (TPSA) is 47.4 Å². The summed E-state index contributed by atoms with van der Waals surface area (Å²) < 4.78 is 1.92. The van der Waals surface area contributed by atoms with E-state index < -0.39 is 5.41 Å². The van der Waals surface area contributed by atoms with Gasteiger partial charge in [0.1, 0.15) is 9.22 Å². The third-order valence-electron chi connectivity index (χ3n) is 2.59. The van der Waals surface area contributed by atoms with Crippen LogP contribution in [0.25, 0.3) is 10.2 Å². The molecule has 0 saturated carbocycles. The molecule has 0 N–H and O–H groups in total. The molecule has 2 rings (SSSR count). The second kappa shape index (κ2) is 5.61. The average Bonchev–Trinajstić information content (AvgIpc) is 2.79.